The van der Waals surface area contributed by atoms with Crippen molar-refractivity contribution in [2.24, 2.45) is 0 Å². The normalized spacial score (nSPS) is 11.0. The third kappa shape index (κ3) is 7.18. The maximum atomic E-state index is 12.4. The van der Waals surface area contributed by atoms with Gasteiger partial charge in [-0.05, 0) is 30.7 Å². The van der Waals surface area contributed by atoms with Crippen LogP contribution in [0.15, 0.2) is 30.5 Å². The Morgan fingerprint density at radius 2 is 1.71 bits per heavy atom. The van der Waals surface area contributed by atoms with Crippen LogP contribution in [0, 0.1) is 0 Å². The van der Waals surface area contributed by atoms with Gasteiger partial charge in [-0.2, -0.15) is 9.97 Å². The minimum absolute atomic E-state index is 0. The topological polar surface area (TPSA) is 274 Å². The van der Waals surface area contributed by atoms with Gasteiger partial charge in [0.15, 0.2) is 17.0 Å². The van der Waals surface area contributed by atoms with Crippen LogP contribution in [0.3, 0.4) is 0 Å². The van der Waals surface area contributed by atoms with E-state index in [1.807, 2.05) is 11.9 Å². The summed E-state index contributed by atoms with van der Waals surface area (Å²) in [5.41, 5.74) is 13.7. The van der Waals surface area contributed by atoms with Gasteiger partial charge in [-0.1, -0.05) is 0 Å². The lowest BCUT2D eigenvalue weighted by Gasteiger charge is -2.19. The zero-order chi connectivity index (χ0) is 24.1. The first-order valence-corrected chi connectivity index (χ1v) is 9.75. The Bertz CT molecular complexity index is 1210. The van der Waals surface area contributed by atoms with Crippen molar-refractivity contribution in [3.8, 4) is 0 Å². The minimum Gasteiger partial charge on any atom is -0.481 e. The zero-order valence-electron chi connectivity index (χ0n) is 18.6. The number of rotatable bonds is 9. The van der Waals surface area contributed by atoms with E-state index in [4.69, 9.17) is 16.6 Å². The lowest BCUT2D eigenvalue weighted by Crippen LogP contribution is -2.41. The molecule has 0 aliphatic rings. The van der Waals surface area contributed by atoms with Gasteiger partial charge < -0.3 is 42.8 Å². The van der Waals surface area contributed by atoms with Crippen molar-refractivity contribution < 1.29 is 35.5 Å². The van der Waals surface area contributed by atoms with Gasteiger partial charge in [-0.25, -0.2) is 14.8 Å². The number of nitrogens with zero attached hydrogens (tertiary/aromatic N) is 5. The maximum absolute atomic E-state index is 12.4. The average molecular weight is 490 g/mol. The molecule has 3 aromatic rings. The molecule has 1 atom stereocenters. The Kier molecular flexibility index (Phi) is 9.74. The summed E-state index contributed by atoms with van der Waals surface area (Å²) < 4.78 is 0. The fourth-order valence-electron chi connectivity index (χ4n) is 3.03. The van der Waals surface area contributed by atoms with Gasteiger partial charge >= 0.3 is 11.9 Å². The second kappa shape index (κ2) is 12.0. The molecule has 0 bridgehead atoms. The van der Waals surface area contributed by atoms with Crippen LogP contribution in [0.4, 0.5) is 17.5 Å². The highest BCUT2D eigenvalue weighted by atomic mass is 16.4. The van der Waals surface area contributed by atoms with E-state index in [0.717, 1.165) is 5.69 Å². The third-order valence-corrected chi connectivity index (χ3v) is 4.72. The number of nitrogen functional groups attached to an aromatic ring is 2. The summed E-state index contributed by atoms with van der Waals surface area (Å²) in [6.45, 7) is 0.370. The number of benzene rings is 1. The lowest BCUT2D eigenvalue weighted by molar-refractivity contribution is -0.140. The number of aromatic nitrogens is 4. The monoisotopic (exact) mass is 490 g/mol. The fraction of sp³-hybridized carbons (Fsp3) is 0.250. The van der Waals surface area contributed by atoms with Crippen molar-refractivity contribution in [3.63, 3.8) is 0 Å². The number of carboxylic acids is 2. The summed E-state index contributed by atoms with van der Waals surface area (Å²) >= 11 is 0. The number of aliphatic carboxylic acids is 2. The number of anilines is 3. The fourth-order valence-corrected chi connectivity index (χ4v) is 3.03. The number of nitrogens with two attached hydrogens (primary N) is 2. The molecule has 0 unspecified atom stereocenters. The maximum Gasteiger partial charge on any atom is 0.326 e. The average Bonchev–Trinajstić information content (AvgIpc) is 2.76. The summed E-state index contributed by atoms with van der Waals surface area (Å²) in [5, 5.41) is 20.2. The van der Waals surface area contributed by atoms with Crippen LogP contribution in [0.5, 0.6) is 0 Å². The first-order valence-electron chi connectivity index (χ1n) is 9.75. The molecule has 0 aliphatic carbocycles. The smallest absolute Gasteiger partial charge is 0.326 e. The molecular formula is C20H26N8O7. The van der Waals surface area contributed by atoms with E-state index in [-0.39, 0.29) is 41.1 Å². The first kappa shape index (κ1) is 28.4. The number of nitrogens with one attached hydrogen (secondary N) is 1. The van der Waals surface area contributed by atoms with E-state index >= 15 is 0 Å². The molecule has 2 aromatic heterocycles. The molecule has 0 radical (unpaired) electrons. The number of amides is 1. The summed E-state index contributed by atoms with van der Waals surface area (Å²) in [5.74, 6) is -2.91. The molecule has 0 saturated heterocycles. The van der Waals surface area contributed by atoms with Crippen LogP contribution in [0.2, 0.25) is 0 Å². The second-order valence-corrected chi connectivity index (χ2v) is 7.20. The molecule has 15 nitrogen and oxygen atoms in total. The third-order valence-electron chi connectivity index (χ3n) is 4.72. The van der Waals surface area contributed by atoms with Crippen molar-refractivity contribution in [1.82, 2.24) is 25.3 Å². The zero-order valence-corrected chi connectivity index (χ0v) is 18.6. The second-order valence-electron chi connectivity index (χ2n) is 7.20. The van der Waals surface area contributed by atoms with Gasteiger partial charge in [0.1, 0.15) is 6.04 Å². The molecule has 0 aliphatic heterocycles. The molecule has 11 N–H and O–H groups in total. The van der Waals surface area contributed by atoms with Crippen LogP contribution < -0.4 is 21.7 Å². The quantitative estimate of drug-likeness (QED) is 0.232. The summed E-state index contributed by atoms with van der Waals surface area (Å²) in [6, 6.07) is 5.16. The number of carbonyl (C=O) groups excluding carboxylic acids is 1. The van der Waals surface area contributed by atoms with Crippen LogP contribution >= 0.6 is 0 Å². The van der Waals surface area contributed by atoms with E-state index in [2.05, 4.69) is 25.3 Å². The van der Waals surface area contributed by atoms with Gasteiger partial charge in [0, 0.05) is 24.7 Å². The standard InChI is InChI=1S/C20H22N8O5.2H2O/c1-28(9-11-8-23-17-15(24-11)16(21)26-20(22)27-17)12-4-2-10(3-5-12)18(31)25-13(19(32)33)6-7-14(29)30;;/h2-5,8,13H,6-7,9H2,1H3,(H,25,31)(H,29,30)(H,32,33)(H4,21,22,23,26,27);2*1H2/t13-;;/m0../s1. The Labute approximate surface area is 198 Å². The van der Waals surface area contributed by atoms with Crippen LogP contribution in [-0.2, 0) is 16.1 Å². The van der Waals surface area contributed by atoms with Gasteiger partial charge in [0.25, 0.3) is 5.91 Å². The van der Waals surface area contributed by atoms with E-state index in [9.17, 15) is 19.5 Å². The first-order chi connectivity index (χ1) is 15.6. The van der Waals surface area contributed by atoms with Crippen LogP contribution in [0.25, 0.3) is 11.2 Å². The summed E-state index contributed by atoms with van der Waals surface area (Å²) in [7, 11) is 1.82. The van der Waals surface area contributed by atoms with Gasteiger partial charge in [-0.15, -0.1) is 0 Å². The Morgan fingerprint density at radius 3 is 2.31 bits per heavy atom. The van der Waals surface area contributed by atoms with E-state index in [0.29, 0.717) is 23.4 Å². The van der Waals surface area contributed by atoms with E-state index in [1.165, 1.54) is 12.1 Å². The lowest BCUT2D eigenvalue weighted by atomic mass is 10.1. The molecule has 15 heteroatoms. The molecule has 188 valence electrons. The highest BCUT2D eigenvalue weighted by molar-refractivity contribution is 5.97. The Hall–Kier alpha value is -4.63. The Balaban J connectivity index is 0.00000306. The Morgan fingerprint density at radius 1 is 1.06 bits per heavy atom. The highest BCUT2D eigenvalue weighted by Crippen LogP contribution is 2.19. The molecule has 2 heterocycles. The number of carboxylic acid groups (broad SMARTS) is 2. The predicted octanol–water partition coefficient (Wildman–Crippen LogP) is -1.38. The molecule has 3 rings (SSSR count). The van der Waals surface area contributed by atoms with Crippen molar-refractivity contribution in [1.29, 1.82) is 0 Å². The van der Waals surface area contributed by atoms with Crippen molar-refractivity contribution >= 4 is 46.5 Å². The predicted molar refractivity (Wildman–Crippen MR) is 125 cm³/mol. The van der Waals surface area contributed by atoms with Crippen molar-refractivity contribution in [2.75, 3.05) is 23.4 Å². The van der Waals surface area contributed by atoms with Crippen LogP contribution in [-0.4, -0.2) is 72.0 Å². The molecular weight excluding hydrogens is 464 g/mol. The number of carbonyl (C=O) groups is 3. The summed E-state index contributed by atoms with van der Waals surface area (Å²) in [6.07, 6.45) is 0.964. The van der Waals surface area contributed by atoms with Gasteiger partial charge in [0.2, 0.25) is 5.95 Å². The summed E-state index contributed by atoms with van der Waals surface area (Å²) in [4.78, 5) is 52.7. The molecule has 0 fully saturated rings. The molecule has 0 saturated carbocycles. The highest BCUT2D eigenvalue weighted by Gasteiger charge is 2.21. The van der Waals surface area contributed by atoms with E-state index < -0.39 is 23.9 Å². The van der Waals surface area contributed by atoms with E-state index in [1.54, 1.807) is 18.3 Å². The number of fused-ring (bicyclic) bond motifs is 1. The van der Waals surface area contributed by atoms with Gasteiger partial charge in [0.05, 0.1) is 18.4 Å². The number of hydrogen-bond acceptors (Lipinski definition) is 10. The molecule has 1 aromatic carbocycles. The number of hydrogen-bond donors (Lipinski definition) is 5. The van der Waals surface area contributed by atoms with Crippen LogP contribution in [0.1, 0.15) is 28.9 Å². The van der Waals surface area contributed by atoms with Crippen molar-refractivity contribution in [2.45, 2.75) is 25.4 Å². The van der Waals surface area contributed by atoms with Gasteiger partial charge in [-0.3, -0.25) is 9.59 Å². The van der Waals surface area contributed by atoms with Crippen molar-refractivity contribution in [3.05, 3.63) is 41.7 Å². The molecule has 0 spiro atoms. The minimum atomic E-state index is -1.30. The SMILES string of the molecule is CN(Cc1cnc2nc(N)nc(N)c2n1)c1ccc(C(=O)N[C@@H](CCC(=O)O)C(=O)O)cc1.O.O. The largest absolute Gasteiger partial charge is 0.481 e. The molecule has 35 heavy (non-hydrogen) atoms. The molecule has 1 amide bonds.